The fraction of sp³-hybridized carbons (Fsp3) is 0. The van der Waals surface area contributed by atoms with Crippen LogP contribution in [0.5, 0.6) is 0 Å². The van der Waals surface area contributed by atoms with E-state index in [1.807, 2.05) is 30.5 Å². The molecule has 0 fully saturated rings. The molecule has 90 valence electrons. The maximum absolute atomic E-state index is 8.89. The van der Waals surface area contributed by atoms with Gasteiger partial charge in [-0.05, 0) is 24.3 Å². The summed E-state index contributed by atoms with van der Waals surface area (Å²) in [6.45, 7) is 0. The maximum Gasteiger partial charge on any atom is 0.131 e. The SMILES string of the molecule is N#Cc1ccnc(Nc2cccc3cnccc23)c1. The van der Waals surface area contributed by atoms with Crippen molar-refractivity contribution in [2.75, 3.05) is 5.32 Å². The second-order valence-corrected chi connectivity index (χ2v) is 4.07. The third-order valence-electron chi connectivity index (χ3n) is 2.83. The van der Waals surface area contributed by atoms with Gasteiger partial charge in [-0.25, -0.2) is 4.98 Å². The van der Waals surface area contributed by atoms with Crippen molar-refractivity contribution in [2.45, 2.75) is 0 Å². The second-order valence-electron chi connectivity index (χ2n) is 4.07. The maximum atomic E-state index is 8.89. The molecule has 0 saturated heterocycles. The van der Waals surface area contributed by atoms with Crippen molar-refractivity contribution in [1.82, 2.24) is 9.97 Å². The van der Waals surface area contributed by atoms with Crippen LogP contribution in [0.15, 0.2) is 55.0 Å². The highest BCUT2D eigenvalue weighted by Gasteiger charge is 2.02. The largest absolute Gasteiger partial charge is 0.340 e. The quantitative estimate of drug-likeness (QED) is 0.754. The molecule has 0 unspecified atom stereocenters. The van der Waals surface area contributed by atoms with E-state index in [1.54, 1.807) is 24.5 Å². The Hall–Kier alpha value is -2.93. The van der Waals surface area contributed by atoms with Crippen molar-refractivity contribution >= 4 is 22.3 Å². The van der Waals surface area contributed by atoms with E-state index in [-0.39, 0.29) is 0 Å². The Morgan fingerprint density at radius 2 is 2.05 bits per heavy atom. The van der Waals surface area contributed by atoms with Gasteiger partial charge in [-0.3, -0.25) is 4.98 Å². The molecular weight excluding hydrogens is 236 g/mol. The topological polar surface area (TPSA) is 61.6 Å². The van der Waals surface area contributed by atoms with Crippen molar-refractivity contribution in [3.05, 3.63) is 60.6 Å². The number of rotatable bonds is 2. The van der Waals surface area contributed by atoms with Gasteiger partial charge in [0.15, 0.2) is 0 Å². The molecular formula is C15H10N4. The van der Waals surface area contributed by atoms with E-state index < -0.39 is 0 Å². The molecule has 0 bridgehead atoms. The van der Waals surface area contributed by atoms with E-state index in [0.717, 1.165) is 16.5 Å². The van der Waals surface area contributed by atoms with E-state index in [0.29, 0.717) is 11.4 Å². The third-order valence-corrected chi connectivity index (χ3v) is 2.83. The van der Waals surface area contributed by atoms with Crippen molar-refractivity contribution in [3.63, 3.8) is 0 Å². The summed E-state index contributed by atoms with van der Waals surface area (Å²) in [5.74, 6) is 0.656. The summed E-state index contributed by atoms with van der Waals surface area (Å²) < 4.78 is 0. The van der Waals surface area contributed by atoms with E-state index in [1.165, 1.54) is 0 Å². The molecule has 0 spiro atoms. The van der Waals surface area contributed by atoms with Crippen LogP contribution in [0.2, 0.25) is 0 Å². The molecule has 0 saturated carbocycles. The Morgan fingerprint density at radius 1 is 1.11 bits per heavy atom. The van der Waals surface area contributed by atoms with Crippen LogP contribution in [0.3, 0.4) is 0 Å². The minimum absolute atomic E-state index is 0.583. The van der Waals surface area contributed by atoms with Gasteiger partial charge in [0.2, 0.25) is 0 Å². The molecule has 4 nitrogen and oxygen atoms in total. The summed E-state index contributed by atoms with van der Waals surface area (Å²) in [5, 5.41) is 14.2. The zero-order valence-corrected chi connectivity index (χ0v) is 10.0. The van der Waals surface area contributed by atoms with E-state index in [9.17, 15) is 0 Å². The Bertz CT molecular complexity index is 769. The lowest BCUT2D eigenvalue weighted by Gasteiger charge is -2.08. The summed E-state index contributed by atoms with van der Waals surface area (Å²) in [6.07, 6.45) is 5.19. The fourth-order valence-electron chi connectivity index (χ4n) is 1.94. The minimum atomic E-state index is 0.583. The standard InChI is InChI=1S/C15H10N4/c16-9-11-4-7-18-15(8-11)19-14-3-1-2-12-10-17-6-5-13(12)14/h1-8,10H,(H,18,19). The van der Waals surface area contributed by atoms with Crippen molar-refractivity contribution in [1.29, 1.82) is 5.26 Å². The van der Waals surface area contributed by atoms with Gasteiger partial charge in [-0.15, -0.1) is 0 Å². The zero-order chi connectivity index (χ0) is 13.1. The predicted octanol–water partition coefficient (Wildman–Crippen LogP) is 3.25. The molecule has 2 heterocycles. The highest BCUT2D eigenvalue weighted by Crippen LogP contribution is 2.24. The number of nitriles is 1. The lowest BCUT2D eigenvalue weighted by molar-refractivity contribution is 1.29. The average molecular weight is 246 g/mol. The van der Waals surface area contributed by atoms with Gasteiger partial charge >= 0.3 is 0 Å². The molecule has 4 heteroatoms. The summed E-state index contributed by atoms with van der Waals surface area (Å²) >= 11 is 0. The molecule has 3 rings (SSSR count). The Balaban J connectivity index is 2.04. The van der Waals surface area contributed by atoms with Gasteiger partial charge in [0.05, 0.1) is 11.6 Å². The first kappa shape index (κ1) is 11.2. The molecule has 1 aromatic carbocycles. The molecule has 0 amide bonds. The summed E-state index contributed by atoms with van der Waals surface area (Å²) in [4.78, 5) is 8.31. The van der Waals surface area contributed by atoms with Crippen LogP contribution in [-0.2, 0) is 0 Å². The fourth-order valence-corrected chi connectivity index (χ4v) is 1.94. The molecule has 19 heavy (non-hydrogen) atoms. The first-order chi connectivity index (χ1) is 9.36. The van der Waals surface area contributed by atoms with Crippen LogP contribution in [0, 0.1) is 11.3 Å². The van der Waals surface area contributed by atoms with Crippen molar-refractivity contribution in [3.8, 4) is 6.07 Å². The normalized spacial score (nSPS) is 10.1. The van der Waals surface area contributed by atoms with Gasteiger partial charge in [0, 0.05) is 35.1 Å². The van der Waals surface area contributed by atoms with Crippen LogP contribution >= 0.6 is 0 Å². The summed E-state index contributed by atoms with van der Waals surface area (Å²) in [7, 11) is 0. The van der Waals surface area contributed by atoms with Gasteiger partial charge in [-0.2, -0.15) is 5.26 Å². The number of aromatic nitrogens is 2. The number of anilines is 2. The Morgan fingerprint density at radius 3 is 2.95 bits per heavy atom. The van der Waals surface area contributed by atoms with Gasteiger partial charge in [-0.1, -0.05) is 12.1 Å². The van der Waals surface area contributed by atoms with Gasteiger partial charge in [0.25, 0.3) is 0 Å². The van der Waals surface area contributed by atoms with Gasteiger partial charge in [0.1, 0.15) is 5.82 Å². The van der Waals surface area contributed by atoms with E-state index in [2.05, 4.69) is 21.4 Å². The average Bonchev–Trinajstić information content (AvgIpc) is 2.48. The summed E-state index contributed by atoms with van der Waals surface area (Å²) in [6, 6.07) is 13.4. The molecule has 0 aliphatic carbocycles. The molecule has 1 N–H and O–H groups in total. The highest BCUT2D eigenvalue weighted by atomic mass is 15.0. The van der Waals surface area contributed by atoms with E-state index >= 15 is 0 Å². The van der Waals surface area contributed by atoms with Crippen LogP contribution in [0.4, 0.5) is 11.5 Å². The summed E-state index contributed by atoms with van der Waals surface area (Å²) in [5.41, 5.74) is 1.53. The minimum Gasteiger partial charge on any atom is -0.340 e. The number of hydrogen-bond acceptors (Lipinski definition) is 4. The Kier molecular flexibility index (Phi) is 2.79. The number of nitrogens with one attached hydrogen (secondary N) is 1. The molecule has 2 aromatic heterocycles. The Labute approximate surface area is 110 Å². The van der Waals surface area contributed by atoms with Crippen molar-refractivity contribution < 1.29 is 0 Å². The molecule has 0 aliphatic rings. The van der Waals surface area contributed by atoms with Crippen LogP contribution < -0.4 is 5.32 Å². The van der Waals surface area contributed by atoms with Crippen LogP contribution in [0.25, 0.3) is 10.8 Å². The molecule has 0 radical (unpaired) electrons. The number of pyridine rings is 2. The lowest BCUT2D eigenvalue weighted by atomic mass is 10.1. The second kappa shape index (κ2) is 4.75. The first-order valence-electron chi connectivity index (χ1n) is 5.83. The first-order valence-corrected chi connectivity index (χ1v) is 5.83. The molecule has 0 atom stereocenters. The van der Waals surface area contributed by atoms with Crippen LogP contribution in [-0.4, -0.2) is 9.97 Å². The molecule has 3 aromatic rings. The number of benzene rings is 1. The smallest absolute Gasteiger partial charge is 0.131 e. The predicted molar refractivity (Wildman–Crippen MR) is 74.0 cm³/mol. The number of hydrogen-bond donors (Lipinski definition) is 1. The number of nitrogens with zero attached hydrogens (tertiary/aromatic N) is 3. The number of fused-ring (bicyclic) bond motifs is 1. The van der Waals surface area contributed by atoms with Crippen molar-refractivity contribution in [2.24, 2.45) is 0 Å². The molecule has 0 aliphatic heterocycles. The van der Waals surface area contributed by atoms with E-state index in [4.69, 9.17) is 5.26 Å². The third kappa shape index (κ3) is 2.22. The lowest BCUT2D eigenvalue weighted by Crippen LogP contribution is -1.94. The zero-order valence-electron chi connectivity index (χ0n) is 10.0. The van der Waals surface area contributed by atoms with Gasteiger partial charge < -0.3 is 5.32 Å². The monoisotopic (exact) mass is 246 g/mol. The highest BCUT2D eigenvalue weighted by molar-refractivity contribution is 5.94. The van der Waals surface area contributed by atoms with Crippen LogP contribution in [0.1, 0.15) is 5.56 Å².